The van der Waals surface area contributed by atoms with Gasteiger partial charge < -0.3 is 68.6 Å². The van der Waals surface area contributed by atoms with Crippen LogP contribution >= 0.6 is 25.3 Å². The van der Waals surface area contributed by atoms with Crippen molar-refractivity contribution in [2.75, 3.05) is 19.3 Å². The molecule has 22 nitrogen and oxygen atoms in total. The molecule has 1 aromatic heterocycles. The van der Waals surface area contributed by atoms with Crippen molar-refractivity contribution >= 4 is 89.4 Å². The van der Waals surface area contributed by atoms with Crippen LogP contribution in [-0.4, -0.2) is 151 Å². The van der Waals surface area contributed by atoms with Gasteiger partial charge in [-0.3, -0.25) is 38.4 Å². The number of aromatic hydroxyl groups is 1. The predicted octanol–water partition coefficient (Wildman–Crippen LogP) is 0.557. The van der Waals surface area contributed by atoms with Gasteiger partial charge >= 0.3 is 11.9 Å². The van der Waals surface area contributed by atoms with Gasteiger partial charge in [-0.2, -0.15) is 25.3 Å². The van der Waals surface area contributed by atoms with Crippen molar-refractivity contribution in [1.29, 1.82) is 0 Å². The van der Waals surface area contributed by atoms with E-state index in [1.165, 1.54) is 45.2 Å². The zero-order valence-corrected chi connectivity index (χ0v) is 44.7. The SMILES string of the molecule is CC(C)[C@H](NC(=O)[C@H](CS)NC(=O)[C@H](Cc1ccc(O)cc1)NC(=O)[C@H](CCCN)NC(=O)[C@@H](Cc1c[nH]c2ccccc12)N(C)C(=O)[C@H](Cc1ccccc1)NC(=O)[C@@H](NC(=O)[C@@H](N)CC(=O)O)C(C)(C)S)C(=O)O. The fraction of sp³-hybridized carbons (Fsp3) is 0.442. The van der Waals surface area contributed by atoms with Crippen LogP contribution in [0.4, 0.5) is 0 Å². The molecular weight excluding hydrogens is 1020 g/mol. The van der Waals surface area contributed by atoms with E-state index < -0.39 is 119 Å². The summed E-state index contributed by atoms with van der Waals surface area (Å²) in [7, 11) is 1.36. The van der Waals surface area contributed by atoms with E-state index in [9.17, 15) is 53.7 Å². The molecule has 412 valence electrons. The van der Waals surface area contributed by atoms with Gasteiger partial charge in [-0.1, -0.05) is 74.5 Å². The van der Waals surface area contributed by atoms with Crippen molar-refractivity contribution < 1.29 is 58.5 Å². The van der Waals surface area contributed by atoms with Crippen molar-refractivity contribution in [2.45, 2.75) is 119 Å². The predicted molar refractivity (Wildman–Crippen MR) is 290 cm³/mol. The second-order valence-electron chi connectivity index (χ2n) is 19.3. The molecule has 0 aliphatic carbocycles. The van der Waals surface area contributed by atoms with Crippen molar-refractivity contribution in [2.24, 2.45) is 17.4 Å². The van der Waals surface area contributed by atoms with Crippen LogP contribution in [0.5, 0.6) is 5.75 Å². The Labute approximate surface area is 451 Å². The monoisotopic (exact) mass is 1090 g/mol. The van der Waals surface area contributed by atoms with Crippen LogP contribution in [0.3, 0.4) is 0 Å². The van der Waals surface area contributed by atoms with Crippen LogP contribution in [0.25, 0.3) is 10.9 Å². The molecule has 8 atom stereocenters. The number of nitrogens with zero attached hydrogens (tertiary/aromatic N) is 1. The van der Waals surface area contributed by atoms with E-state index in [0.717, 1.165) is 15.8 Å². The summed E-state index contributed by atoms with van der Waals surface area (Å²) in [4.78, 5) is 127. The van der Waals surface area contributed by atoms with Crippen molar-refractivity contribution in [3.8, 4) is 5.75 Å². The number of aromatic nitrogens is 1. The number of phenols is 1. The van der Waals surface area contributed by atoms with Gasteiger partial charge in [0.2, 0.25) is 41.4 Å². The Balaban J connectivity index is 1.73. The summed E-state index contributed by atoms with van der Waals surface area (Å²) < 4.78 is -1.29. The van der Waals surface area contributed by atoms with E-state index in [0.29, 0.717) is 16.7 Å². The number of hydrogen-bond acceptors (Lipinski definition) is 14. The molecule has 0 saturated heterocycles. The largest absolute Gasteiger partial charge is 0.508 e. The smallest absolute Gasteiger partial charge is 0.326 e. The van der Waals surface area contributed by atoms with Gasteiger partial charge in [-0.05, 0) is 74.0 Å². The van der Waals surface area contributed by atoms with Gasteiger partial charge in [0.15, 0.2) is 0 Å². The highest BCUT2D eigenvalue weighted by Gasteiger charge is 2.40. The number of carboxylic acids is 2. The standard InChI is InChI=1S/C52H70N10O12S2/c1-28(2)42(51(73)74)60-47(69)39(27-75)59-46(68)37(22-30-17-19-32(63)20-18-30)57-45(67)36(16-11-21-53)56-48(70)40(24-31-26-55-35-15-10-9-14-33(31)35)62(5)50(72)38(23-29-12-7-6-8-13-29)58-49(71)43(52(3,4)76)61-44(66)34(54)25-41(64)65/h6-10,12-15,17-20,26,28,34,36-40,42-43,55,63,75-76H,11,16,21-25,27,53-54H2,1-5H3,(H,56,70)(H,57,67)(H,58,71)(H,59,68)(H,60,69)(H,61,66)(H,64,65)(H,73,74)/t34-,36-,37-,38-,39-,40+,42-,43+/m0/s1. The minimum Gasteiger partial charge on any atom is -0.508 e. The second-order valence-corrected chi connectivity index (χ2v) is 20.8. The maximum atomic E-state index is 15.1. The first-order valence-electron chi connectivity index (χ1n) is 24.5. The molecule has 7 amide bonds. The first-order chi connectivity index (χ1) is 35.8. The Kier molecular flexibility index (Phi) is 23.2. The van der Waals surface area contributed by atoms with Crippen LogP contribution < -0.4 is 43.4 Å². The summed E-state index contributed by atoms with van der Waals surface area (Å²) in [5.41, 5.74) is 14.2. The molecule has 4 aromatic rings. The summed E-state index contributed by atoms with van der Waals surface area (Å²) >= 11 is 8.77. The minimum absolute atomic E-state index is 0.0536. The molecule has 14 N–H and O–H groups in total. The number of aromatic amines is 1. The maximum absolute atomic E-state index is 15.1. The zero-order valence-electron chi connectivity index (χ0n) is 42.9. The number of amides is 7. The molecule has 0 saturated carbocycles. The number of phenolic OH excluding ortho intramolecular Hbond substituents is 1. The van der Waals surface area contributed by atoms with Gasteiger partial charge in [0, 0.05) is 53.9 Å². The molecule has 0 aliphatic heterocycles. The number of thiol groups is 2. The van der Waals surface area contributed by atoms with E-state index in [4.69, 9.17) is 11.5 Å². The highest BCUT2D eigenvalue weighted by Crippen LogP contribution is 2.23. The molecular formula is C52H70N10O12S2. The number of fused-ring (bicyclic) bond motifs is 1. The van der Waals surface area contributed by atoms with Crippen molar-refractivity contribution in [3.63, 3.8) is 0 Å². The van der Waals surface area contributed by atoms with Crippen LogP contribution in [-0.2, 0) is 62.4 Å². The lowest BCUT2D eigenvalue weighted by Gasteiger charge is -2.34. The van der Waals surface area contributed by atoms with Gasteiger partial charge in [-0.25, -0.2) is 4.79 Å². The minimum atomic E-state index is -1.52. The van der Waals surface area contributed by atoms with E-state index >= 15 is 4.79 Å². The number of carboxylic acid groups (broad SMARTS) is 2. The number of nitrogens with two attached hydrogens (primary N) is 2. The molecule has 0 spiro atoms. The topological polar surface area (TPSA) is 358 Å². The Bertz CT molecular complexity index is 2670. The number of benzene rings is 3. The Morgan fingerprint density at radius 2 is 1.24 bits per heavy atom. The van der Waals surface area contributed by atoms with Gasteiger partial charge in [0.25, 0.3) is 0 Å². The first kappa shape index (κ1) is 61.4. The number of nitrogens with one attached hydrogen (secondary N) is 7. The highest BCUT2D eigenvalue weighted by molar-refractivity contribution is 7.81. The summed E-state index contributed by atoms with van der Waals surface area (Å²) in [6, 6.07) is 10.4. The maximum Gasteiger partial charge on any atom is 0.326 e. The molecule has 0 bridgehead atoms. The highest BCUT2D eigenvalue weighted by atomic mass is 32.1. The number of carbonyl (C=O) groups excluding carboxylic acids is 7. The molecule has 3 aromatic carbocycles. The Morgan fingerprint density at radius 3 is 1.83 bits per heavy atom. The normalized spacial score (nSPS) is 14.6. The summed E-state index contributed by atoms with van der Waals surface area (Å²) in [5.74, 6) is -9.44. The Morgan fingerprint density at radius 1 is 0.684 bits per heavy atom. The lowest BCUT2D eigenvalue weighted by Crippen LogP contribution is -2.63. The molecule has 76 heavy (non-hydrogen) atoms. The number of para-hydroxylation sites is 1. The van der Waals surface area contributed by atoms with Gasteiger partial charge in [0.1, 0.15) is 48.0 Å². The van der Waals surface area contributed by atoms with Gasteiger partial charge in [0.05, 0.1) is 12.5 Å². The Hall–Kier alpha value is -7.15. The fourth-order valence-electron chi connectivity index (χ4n) is 8.15. The lowest BCUT2D eigenvalue weighted by atomic mass is 9.98. The number of rotatable bonds is 29. The summed E-state index contributed by atoms with van der Waals surface area (Å²) in [5, 5.41) is 45.3. The number of hydrogen-bond donors (Lipinski definition) is 14. The summed E-state index contributed by atoms with van der Waals surface area (Å²) in [6.07, 6.45) is 0.674. The fourth-order valence-corrected chi connectivity index (χ4v) is 8.59. The quantitative estimate of drug-likeness (QED) is 0.0331. The van der Waals surface area contributed by atoms with E-state index in [-0.39, 0.29) is 50.2 Å². The molecule has 24 heteroatoms. The molecule has 0 fully saturated rings. The van der Waals surface area contributed by atoms with E-state index in [2.05, 4.69) is 62.1 Å². The van der Waals surface area contributed by atoms with Crippen LogP contribution in [0.2, 0.25) is 0 Å². The third-order valence-electron chi connectivity index (χ3n) is 12.5. The molecule has 4 rings (SSSR count). The number of aliphatic carboxylic acids is 2. The third kappa shape index (κ3) is 18.0. The molecule has 0 unspecified atom stereocenters. The molecule has 0 radical (unpaired) electrons. The van der Waals surface area contributed by atoms with E-state index in [1.807, 2.05) is 18.2 Å². The second kappa shape index (κ2) is 28.7. The molecule has 1 heterocycles. The number of H-pyrrole nitrogens is 1. The van der Waals surface area contributed by atoms with E-state index in [1.54, 1.807) is 56.4 Å². The average Bonchev–Trinajstić information content (AvgIpc) is 3.78. The number of likely N-dealkylation sites (N-methyl/N-ethyl adjacent to an activating group) is 1. The lowest BCUT2D eigenvalue weighted by molar-refractivity contribution is -0.143. The molecule has 0 aliphatic rings. The van der Waals surface area contributed by atoms with Crippen LogP contribution in [0.15, 0.2) is 85.1 Å². The van der Waals surface area contributed by atoms with Crippen LogP contribution in [0.1, 0.15) is 63.6 Å². The van der Waals surface area contributed by atoms with Crippen LogP contribution in [0, 0.1) is 5.92 Å². The zero-order chi connectivity index (χ0) is 56.4. The summed E-state index contributed by atoms with van der Waals surface area (Å²) in [6.45, 7) is 6.32. The number of carbonyl (C=O) groups is 9. The van der Waals surface area contributed by atoms with Crippen molar-refractivity contribution in [3.05, 3.63) is 102 Å². The first-order valence-corrected chi connectivity index (χ1v) is 25.6. The average molecular weight is 1090 g/mol. The third-order valence-corrected chi connectivity index (χ3v) is 13.1. The van der Waals surface area contributed by atoms with Gasteiger partial charge in [-0.15, -0.1) is 0 Å². The van der Waals surface area contributed by atoms with Crippen molar-refractivity contribution in [1.82, 2.24) is 41.8 Å².